The second kappa shape index (κ2) is 10.9. The van der Waals surface area contributed by atoms with E-state index in [2.05, 4.69) is 18.6 Å². The Hall–Kier alpha value is -2.76. The maximum absolute atomic E-state index is 13.5. The quantitative estimate of drug-likeness (QED) is 0.317. The number of phenols is 1. The van der Waals surface area contributed by atoms with Gasteiger partial charge in [-0.2, -0.15) is 8.42 Å². The number of benzene rings is 2. The highest BCUT2D eigenvalue weighted by Gasteiger charge is 2.30. The Kier molecular flexibility index (Phi) is 8.50. The number of nitrogens with one attached hydrogen (secondary N) is 2. The minimum absolute atomic E-state index is 0.00623. The van der Waals surface area contributed by atoms with Gasteiger partial charge in [0.05, 0.1) is 11.1 Å². The summed E-state index contributed by atoms with van der Waals surface area (Å²) in [4.78, 5) is 0.362. The van der Waals surface area contributed by atoms with Crippen LogP contribution in [0.25, 0.3) is 0 Å². The van der Waals surface area contributed by atoms with E-state index < -0.39 is 26.1 Å². The number of sulfonamides is 1. The zero-order chi connectivity index (χ0) is 27.7. The van der Waals surface area contributed by atoms with Crippen molar-refractivity contribution >= 4 is 25.9 Å². The molecule has 1 aliphatic heterocycles. The minimum atomic E-state index is -4.01. The van der Waals surface area contributed by atoms with Crippen molar-refractivity contribution in [2.75, 3.05) is 10.8 Å². The molecule has 0 atom stereocenters. The number of hydrogen-bond donors (Lipinski definition) is 4. The number of hydrogen-bond acceptors (Lipinski definition) is 6. The van der Waals surface area contributed by atoms with Crippen LogP contribution in [0, 0.1) is 0 Å². The lowest BCUT2D eigenvalue weighted by atomic mass is 9.89. The third-order valence-corrected chi connectivity index (χ3v) is 9.17. The fraction of sp³-hybridized carbons (Fsp3) is 0.462. The molecule has 2 aromatic rings. The van der Waals surface area contributed by atoms with Crippen LogP contribution in [-0.2, 0) is 26.7 Å². The van der Waals surface area contributed by atoms with E-state index in [4.69, 9.17) is 0 Å². The summed E-state index contributed by atoms with van der Waals surface area (Å²) in [5.41, 5.74) is 3.46. The molecule has 0 fully saturated rings. The van der Waals surface area contributed by atoms with Gasteiger partial charge in [0.1, 0.15) is 11.4 Å². The van der Waals surface area contributed by atoms with E-state index in [-0.39, 0.29) is 35.7 Å². The fourth-order valence-corrected chi connectivity index (χ4v) is 7.10. The number of nitrogens with zero attached hydrogens (tertiary/aromatic N) is 1. The molecule has 0 radical (unpaired) electrons. The number of aromatic hydroxyl groups is 1. The van der Waals surface area contributed by atoms with Crippen molar-refractivity contribution in [1.29, 1.82) is 0 Å². The van der Waals surface area contributed by atoms with E-state index >= 15 is 0 Å². The third kappa shape index (κ3) is 6.39. The van der Waals surface area contributed by atoms with Crippen molar-refractivity contribution in [2.24, 2.45) is 0 Å². The van der Waals surface area contributed by atoms with E-state index in [1.165, 1.54) is 12.1 Å². The summed E-state index contributed by atoms with van der Waals surface area (Å²) >= 11 is 0. The molecule has 1 aliphatic rings. The molecule has 11 heteroatoms. The summed E-state index contributed by atoms with van der Waals surface area (Å²) in [6.07, 6.45) is 1.90. The smallest absolute Gasteiger partial charge is 0.330 e. The molecule has 3 rings (SSSR count). The Bertz CT molecular complexity index is 1370. The van der Waals surface area contributed by atoms with Crippen LogP contribution < -0.4 is 13.7 Å². The number of aryl methyl sites for hydroxylation is 1. The van der Waals surface area contributed by atoms with Gasteiger partial charge in [0, 0.05) is 6.54 Å². The van der Waals surface area contributed by atoms with Crippen LogP contribution in [-0.4, -0.2) is 33.6 Å². The normalized spacial score (nSPS) is 15.5. The second-order valence-electron chi connectivity index (χ2n) is 10.2. The first-order valence-corrected chi connectivity index (χ1v) is 15.3. The predicted molar refractivity (Wildman–Crippen MR) is 146 cm³/mol. The first-order valence-electron chi connectivity index (χ1n) is 12.4. The molecule has 1 heterocycles. The summed E-state index contributed by atoms with van der Waals surface area (Å²) in [6, 6.07) is 8.53. The molecule has 4 N–H and O–H groups in total. The summed E-state index contributed by atoms with van der Waals surface area (Å²) in [5.74, 6) is -0.462. The Morgan fingerprint density at radius 1 is 0.946 bits per heavy atom. The van der Waals surface area contributed by atoms with E-state index in [9.17, 15) is 27.0 Å². The topological polar surface area (TPSA) is 136 Å². The van der Waals surface area contributed by atoms with Crippen molar-refractivity contribution in [1.82, 2.24) is 9.44 Å². The van der Waals surface area contributed by atoms with Gasteiger partial charge in [-0.25, -0.2) is 22.2 Å². The van der Waals surface area contributed by atoms with Gasteiger partial charge in [-0.3, -0.25) is 0 Å². The summed E-state index contributed by atoms with van der Waals surface area (Å²) < 4.78 is 56.4. The molecular weight excluding hydrogens is 514 g/mol. The van der Waals surface area contributed by atoms with E-state index in [1.807, 2.05) is 44.5 Å². The van der Waals surface area contributed by atoms with Crippen molar-refractivity contribution in [3.05, 3.63) is 64.7 Å². The molecule has 0 bridgehead atoms. The number of aliphatic hydroxyl groups is 1. The maximum atomic E-state index is 13.5. The van der Waals surface area contributed by atoms with Gasteiger partial charge in [0.2, 0.25) is 15.9 Å². The molecule has 204 valence electrons. The zero-order valence-electron chi connectivity index (χ0n) is 22.1. The largest absolute Gasteiger partial charge is 0.506 e. The van der Waals surface area contributed by atoms with E-state index in [0.29, 0.717) is 23.3 Å². The van der Waals surface area contributed by atoms with Gasteiger partial charge in [-0.1, -0.05) is 59.7 Å². The van der Waals surface area contributed by atoms with Gasteiger partial charge in [-0.05, 0) is 65.0 Å². The minimum Gasteiger partial charge on any atom is -0.506 e. The van der Waals surface area contributed by atoms with Crippen LogP contribution in [0.5, 0.6) is 5.75 Å². The Labute approximate surface area is 220 Å². The molecule has 0 aliphatic carbocycles. The maximum Gasteiger partial charge on any atom is 0.330 e. The molecule has 9 nitrogen and oxygen atoms in total. The van der Waals surface area contributed by atoms with Crippen LogP contribution in [0.1, 0.15) is 88.0 Å². The molecule has 0 amide bonds. The summed E-state index contributed by atoms with van der Waals surface area (Å²) in [5, 5.41) is 19.8. The van der Waals surface area contributed by atoms with E-state index in [1.54, 1.807) is 6.07 Å². The van der Waals surface area contributed by atoms with E-state index in [0.717, 1.165) is 27.2 Å². The predicted octanol–water partition coefficient (Wildman–Crippen LogP) is 4.68. The van der Waals surface area contributed by atoms with Crippen LogP contribution >= 0.6 is 0 Å². The number of rotatable bonds is 10. The fourth-order valence-electron chi connectivity index (χ4n) is 4.27. The van der Waals surface area contributed by atoms with Crippen molar-refractivity contribution in [2.45, 2.75) is 77.0 Å². The molecule has 0 saturated carbocycles. The van der Waals surface area contributed by atoms with Gasteiger partial charge < -0.3 is 10.2 Å². The summed E-state index contributed by atoms with van der Waals surface area (Å²) in [7, 11) is -7.77. The average molecular weight is 552 g/mol. The van der Waals surface area contributed by atoms with Crippen LogP contribution in [0.4, 0.5) is 5.69 Å². The molecule has 0 spiro atoms. The second-order valence-corrected chi connectivity index (χ2v) is 13.5. The molecular formula is C26H37N3O6S2. The first kappa shape index (κ1) is 28.8. The molecule has 2 aromatic carbocycles. The first-order chi connectivity index (χ1) is 17.1. The molecule has 37 heavy (non-hydrogen) atoms. The summed E-state index contributed by atoms with van der Waals surface area (Å²) in [6.45, 7) is 12.4. The highest BCUT2D eigenvalue weighted by atomic mass is 32.2. The van der Waals surface area contributed by atoms with Crippen molar-refractivity contribution < 1.29 is 27.0 Å². The highest BCUT2D eigenvalue weighted by molar-refractivity contribution is 7.91. The van der Waals surface area contributed by atoms with Gasteiger partial charge >= 0.3 is 10.2 Å². The van der Waals surface area contributed by atoms with Gasteiger partial charge in [0.15, 0.2) is 0 Å². The van der Waals surface area contributed by atoms with Crippen molar-refractivity contribution in [3.8, 4) is 5.75 Å². The van der Waals surface area contributed by atoms with Crippen LogP contribution in [0.3, 0.4) is 0 Å². The number of aliphatic hydroxyl groups excluding tert-OH is 1. The number of phenolic OH excluding ortho intramolecular Hbond substituents is 1. The third-order valence-electron chi connectivity index (χ3n) is 6.29. The lowest BCUT2D eigenvalue weighted by Gasteiger charge is -2.23. The monoisotopic (exact) mass is 551 g/mol. The van der Waals surface area contributed by atoms with Gasteiger partial charge in [-0.15, -0.1) is 0 Å². The van der Waals surface area contributed by atoms with Crippen LogP contribution in [0.2, 0.25) is 0 Å². The number of anilines is 1. The Morgan fingerprint density at radius 3 is 2.00 bits per heavy atom. The SMILES string of the molecule is CC(C)c1cc(C(C)C)c(S(=O)(=O)NCCCc2ccc(N3C=C(O)NS3(=O)=O)c(O)c2)c(C(C)C)c1. The molecule has 0 saturated heterocycles. The molecule has 0 aromatic heterocycles. The molecule has 0 unspecified atom stereocenters. The van der Waals surface area contributed by atoms with Gasteiger partial charge in [0.25, 0.3) is 0 Å². The Morgan fingerprint density at radius 2 is 1.54 bits per heavy atom. The van der Waals surface area contributed by atoms with Crippen molar-refractivity contribution in [3.63, 3.8) is 0 Å². The zero-order valence-corrected chi connectivity index (χ0v) is 23.7. The highest BCUT2D eigenvalue weighted by Crippen LogP contribution is 2.35. The van der Waals surface area contributed by atoms with Crippen LogP contribution in [0.15, 0.2) is 47.3 Å². The Balaban J connectivity index is 1.75. The standard InChI is InChI=1S/C26H37N3O6S2/c1-16(2)20-13-21(17(3)4)26(22(14-20)18(5)6)36(32,33)27-11-7-8-19-9-10-23(24(30)12-19)29-15-25(31)28-37(29,34)35/h9-10,12-18,27-28,30-31H,7-8,11H2,1-6H3. The average Bonchev–Trinajstić information content (AvgIpc) is 3.07. The lowest BCUT2D eigenvalue weighted by molar-refractivity contribution is 0.392. The lowest BCUT2D eigenvalue weighted by Crippen LogP contribution is -2.29.